The number of hydrogen-bond donors (Lipinski definition) is 3. The standard InChI is InChI=1S/C19H36O5/c1-2-3-4-5-6-7-8-9-10-11-12-13-23-17-15-24-19(18(17)22)16(21)14-20/h10-11,16-22H,2-9,12-15H2,1H3/b11-10+/t16-,17+,18+,19+/m1/s1. The van der Waals surface area contributed by atoms with Crippen LogP contribution in [0.5, 0.6) is 0 Å². The first-order valence-electron chi connectivity index (χ1n) is 9.55. The summed E-state index contributed by atoms with van der Waals surface area (Å²) in [6.45, 7) is 2.60. The van der Waals surface area contributed by atoms with Crippen molar-refractivity contribution in [1.29, 1.82) is 0 Å². The molecule has 0 aliphatic carbocycles. The predicted molar refractivity (Wildman–Crippen MR) is 94.9 cm³/mol. The number of aliphatic hydroxyl groups excluding tert-OH is 3. The molecule has 0 saturated carbocycles. The average molecular weight is 344 g/mol. The minimum absolute atomic E-state index is 0.255. The van der Waals surface area contributed by atoms with Crippen LogP contribution in [0.25, 0.3) is 0 Å². The molecule has 0 aromatic rings. The van der Waals surface area contributed by atoms with Gasteiger partial charge in [0, 0.05) is 0 Å². The van der Waals surface area contributed by atoms with Gasteiger partial charge in [0.25, 0.3) is 0 Å². The van der Waals surface area contributed by atoms with Crippen LogP contribution in [-0.4, -0.2) is 59.6 Å². The summed E-state index contributed by atoms with van der Waals surface area (Å²) in [6.07, 6.45) is 12.4. The van der Waals surface area contributed by atoms with E-state index >= 15 is 0 Å². The maximum atomic E-state index is 9.99. The molecule has 1 aliphatic rings. The molecule has 0 bridgehead atoms. The van der Waals surface area contributed by atoms with E-state index in [9.17, 15) is 10.2 Å². The fourth-order valence-electron chi connectivity index (χ4n) is 2.95. The van der Waals surface area contributed by atoms with Crippen LogP contribution < -0.4 is 0 Å². The summed E-state index contributed by atoms with van der Waals surface area (Å²) in [6, 6.07) is 0. The highest BCUT2D eigenvalue weighted by Crippen LogP contribution is 2.20. The van der Waals surface area contributed by atoms with Crippen molar-refractivity contribution in [2.45, 2.75) is 89.1 Å². The van der Waals surface area contributed by atoms with E-state index in [1.54, 1.807) is 0 Å². The fraction of sp³-hybridized carbons (Fsp3) is 0.895. The topological polar surface area (TPSA) is 79.2 Å². The summed E-state index contributed by atoms with van der Waals surface area (Å²) in [5.74, 6) is 0. The summed E-state index contributed by atoms with van der Waals surface area (Å²) >= 11 is 0. The van der Waals surface area contributed by atoms with Crippen LogP contribution in [0.4, 0.5) is 0 Å². The highest BCUT2D eigenvalue weighted by atomic mass is 16.6. The van der Waals surface area contributed by atoms with E-state index in [4.69, 9.17) is 14.6 Å². The molecule has 3 N–H and O–H groups in total. The monoisotopic (exact) mass is 344 g/mol. The summed E-state index contributed by atoms with van der Waals surface area (Å²) in [5, 5.41) is 28.4. The Kier molecular flexibility index (Phi) is 12.4. The lowest BCUT2D eigenvalue weighted by molar-refractivity contribution is -0.0726. The van der Waals surface area contributed by atoms with Gasteiger partial charge in [0.1, 0.15) is 24.4 Å². The molecule has 1 rings (SSSR count). The third-order valence-electron chi connectivity index (χ3n) is 4.49. The zero-order valence-corrected chi connectivity index (χ0v) is 15.1. The molecule has 0 amide bonds. The molecule has 0 aromatic heterocycles. The van der Waals surface area contributed by atoms with Crippen LogP contribution in [0.15, 0.2) is 12.2 Å². The van der Waals surface area contributed by atoms with Gasteiger partial charge in [0.2, 0.25) is 0 Å². The lowest BCUT2D eigenvalue weighted by Crippen LogP contribution is -2.41. The molecule has 0 spiro atoms. The van der Waals surface area contributed by atoms with Gasteiger partial charge in [-0.1, -0.05) is 57.6 Å². The molecular formula is C19H36O5. The predicted octanol–water partition coefficient (Wildman–Crippen LogP) is 2.57. The number of rotatable bonds is 14. The molecule has 1 saturated heterocycles. The molecule has 24 heavy (non-hydrogen) atoms. The Morgan fingerprint density at radius 3 is 2.46 bits per heavy atom. The van der Waals surface area contributed by atoms with Crippen LogP contribution in [0, 0.1) is 0 Å². The van der Waals surface area contributed by atoms with Crippen molar-refractivity contribution < 1.29 is 24.8 Å². The summed E-state index contributed by atoms with van der Waals surface area (Å²) in [7, 11) is 0. The van der Waals surface area contributed by atoms with Crippen LogP contribution in [0.2, 0.25) is 0 Å². The Hall–Kier alpha value is -0.460. The smallest absolute Gasteiger partial charge is 0.114 e. The Balaban J connectivity index is 1.96. The first-order valence-corrected chi connectivity index (χ1v) is 9.55. The molecule has 5 nitrogen and oxygen atoms in total. The van der Waals surface area contributed by atoms with Crippen molar-refractivity contribution in [3.8, 4) is 0 Å². The van der Waals surface area contributed by atoms with E-state index in [-0.39, 0.29) is 6.61 Å². The third-order valence-corrected chi connectivity index (χ3v) is 4.49. The van der Waals surface area contributed by atoms with E-state index in [0.717, 1.165) is 12.8 Å². The minimum atomic E-state index is -1.06. The molecule has 0 aromatic carbocycles. The SMILES string of the molecule is CCCCCCCCC/C=C/CCO[C@H]1CO[C@@H]([C@H](O)CO)[C@H]1O. The van der Waals surface area contributed by atoms with Crippen LogP contribution in [0.3, 0.4) is 0 Å². The molecular weight excluding hydrogens is 308 g/mol. The molecule has 5 heteroatoms. The second kappa shape index (κ2) is 13.8. The fourth-order valence-corrected chi connectivity index (χ4v) is 2.95. The molecule has 1 heterocycles. The molecule has 142 valence electrons. The highest BCUT2D eigenvalue weighted by molar-refractivity contribution is 4.89. The van der Waals surface area contributed by atoms with Gasteiger partial charge in [-0.15, -0.1) is 0 Å². The Labute approximate surface area is 146 Å². The maximum Gasteiger partial charge on any atom is 0.114 e. The second-order valence-electron chi connectivity index (χ2n) is 6.62. The van der Waals surface area contributed by atoms with Gasteiger partial charge in [-0.05, 0) is 19.3 Å². The first kappa shape index (κ1) is 21.6. The van der Waals surface area contributed by atoms with Gasteiger partial charge in [0.15, 0.2) is 0 Å². The highest BCUT2D eigenvalue weighted by Gasteiger charge is 2.40. The van der Waals surface area contributed by atoms with E-state index < -0.39 is 31.0 Å². The Morgan fingerprint density at radius 2 is 1.75 bits per heavy atom. The lowest BCUT2D eigenvalue weighted by Gasteiger charge is -2.20. The van der Waals surface area contributed by atoms with Crippen molar-refractivity contribution in [3.63, 3.8) is 0 Å². The maximum absolute atomic E-state index is 9.99. The largest absolute Gasteiger partial charge is 0.394 e. The molecule has 0 unspecified atom stereocenters. The van der Waals surface area contributed by atoms with Crippen molar-refractivity contribution in [2.24, 2.45) is 0 Å². The molecule has 0 radical (unpaired) electrons. The van der Waals surface area contributed by atoms with E-state index in [1.165, 1.54) is 44.9 Å². The summed E-state index contributed by atoms with van der Waals surface area (Å²) in [5.41, 5.74) is 0. The summed E-state index contributed by atoms with van der Waals surface area (Å²) < 4.78 is 10.9. The second-order valence-corrected chi connectivity index (χ2v) is 6.62. The third kappa shape index (κ3) is 8.58. The lowest BCUT2D eigenvalue weighted by atomic mass is 10.1. The van der Waals surface area contributed by atoms with Crippen LogP contribution in [0.1, 0.15) is 64.7 Å². The van der Waals surface area contributed by atoms with Crippen molar-refractivity contribution >= 4 is 0 Å². The minimum Gasteiger partial charge on any atom is -0.394 e. The van der Waals surface area contributed by atoms with Gasteiger partial charge in [-0.25, -0.2) is 0 Å². The average Bonchev–Trinajstić information content (AvgIpc) is 2.96. The van der Waals surface area contributed by atoms with Crippen molar-refractivity contribution in [1.82, 2.24) is 0 Å². The zero-order chi connectivity index (χ0) is 17.6. The molecule has 4 atom stereocenters. The van der Waals surface area contributed by atoms with Crippen molar-refractivity contribution in [3.05, 3.63) is 12.2 Å². The van der Waals surface area contributed by atoms with Gasteiger partial charge < -0.3 is 24.8 Å². The van der Waals surface area contributed by atoms with E-state index in [0.29, 0.717) is 6.61 Å². The van der Waals surface area contributed by atoms with Crippen molar-refractivity contribution in [2.75, 3.05) is 19.8 Å². The number of hydrogen-bond acceptors (Lipinski definition) is 5. The Morgan fingerprint density at radius 1 is 1.08 bits per heavy atom. The van der Waals surface area contributed by atoms with E-state index in [2.05, 4.69) is 19.1 Å². The van der Waals surface area contributed by atoms with Crippen LogP contribution >= 0.6 is 0 Å². The van der Waals surface area contributed by atoms with Gasteiger partial charge >= 0.3 is 0 Å². The quantitative estimate of drug-likeness (QED) is 0.333. The normalized spacial score (nSPS) is 25.6. The van der Waals surface area contributed by atoms with Gasteiger partial charge in [-0.2, -0.15) is 0 Å². The zero-order valence-electron chi connectivity index (χ0n) is 15.1. The van der Waals surface area contributed by atoms with Gasteiger partial charge in [0.05, 0.1) is 19.8 Å². The summed E-state index contributed by atoms with van der Waals surface area (Å²) in [4.78, 5) is 0. The number of unbranched alkanes of at least 4 members (excludes halogenated alkanes) is 7. The Bertz CT molecular complexity index is 321. The van der Waals surface area contributed by atoms with Gasteiger partial charge in [-0.3, -0.25) is 0 Å². The number of aliphatic hydroxyl groups is 3. The van der Waals surface area contributed by atoms with Crippen LogP contribution in [-0.2, 0) is 9.47 Å². The first-order chi connectivity index (χ1) is 11.7. The number of ether oxygens (including phenoxy) is 2. The molecule has 1 aliphatic heterocycles. The van der Waals surface area contributed by atoms with E-state index in [1.807, 2.05) is 0 Å². The molecule has 1 fully saturated rings. The number of allylic oxidation sites excluding steroid dienone is 1.